The molecule has 1 aromatic rings. The van der Waals surface area contributed by atoms with Gasteiger partial charge in [-0.05, 0) is 13.3 Å². The zero-order valence-corrected chi connectivity index (χ0v) is 9.21. The van der Waals surface area contributed by atoms with Gasteiger partial charge in [0.2, 0.25) is 5.91 Å². The Hall–Kier alpha value is -1.36. The molecular weight excluding hydrogens is 192 g/mol. The summed E-state index contributed by atoms with van der Waals surface area (Å²) in [6.45, 7) is 4.41. The summed E-state index contributed by atoms with van der Waals surface area (Å²) in [5, 5.41) is 9.47. The van der Waals surface area contributed by atoms with Crippen molar-refractivity contribution < 1.29 is 4.79 Å². The number of hydrogen-bond acceptors (Lipinski definition) is 3. The molecule has 84 valence electrons. The Balaban J connectivity index is 2.37. The molecule has 15 heavy (non-hydrogen) atoms. The summed E-state index contributed by atoms with van der Waals surface area (Å²) in [6.07, 6.45) is 3.34. The van der Waals surface area contributed by atoms with Crippen LogP contribution in [0.15, 0.2) is 6.20 Å². The number of aryl methyl sites for hydroxylation is 1. The first-order chi connectivity index (χ1) is 7.15. The molecule has 1 amide bonds. The fourth-order valence-electron chi connectivity index (χ4n) is 1.31. The number of nitrogens with zero attached hydrogens (tertiary/aromatic N) is 1. The number of amides is 1. The number of nitrogens with one attached hydrogen (secondary N) is 2. The molecule has 1 heterocycles. The average molecular weight is 210 g/mol. The third-order valence-electron chi connectivity index (χ3n) is 2.32. The van der Waals surface area contributed by atoms with Crippen molar-refractivity contribution in [2.75, 3.05) is 0 Å². The Labute approximate surface area is 89.4 Å². The van der Waals surface area contributed by atoms with Crippen LogP contribution in [0.3, 0.4) is 0 Å². The van der Waals surface area contributed by atoms with Gasteiger partial charge in [0.15, 0.2) is 0 Å². The monoisotopic (exact) mass is 210 g/mol. The summed E-state index contributed by atoms with van der Waals surface area (Å²) in [4.78, 5) is 11.5. The van der Waals surface area contributed by atoms with Crippen LogP contribution in [0.4, 0.5) is 0 Å². The maximum atomic E-state index is 11.5. The van der Waals surface area contributed by atoms with E-state index in [4.69, 9.17) is 5.73 Å². The van der Waals surface area contributed by atoms with Gasteiger partial charge in [-0.3, -0.25) is 9.89 Å². The molecule has 1 rings (SSSR count). The molecule has 0 spiro atoms. The minimum atomic E-state index is -0.401. The fourth-order valence-corrected chi connectivity index (χ4v) is 1.31. The Kier molecular flexibility index (Phi) is 4.30. The van der Waals surface area contributed by atoms with Crippen molar-refractivity contribution in [1.82, 2.24) is 15.5 Å². The number of aromatic nitrogens is 2. The van der Waals surface area contributed by atoms with Gasteiger partial charge < -0.3 is 11.1 Å². The Morgan fingerprint density at radius 3 is 3.00 bits per heavy atom. The van der Waals surface area contributed by atoms with Crippen LogP contribution in [0.1, 0.15) is 31.0 Å². The van der Waals surface area contributed by atoms with Gasteiger partial charge in [0.25, 0.3) is 0 Å². The van der Waals surface area contributed by atoms with Crippen LogP contribution in [-0.2, 0) is 11.3 Å². The molecule has 5 heteroatoms. The molecular formula is C10H18N4O. The number of H-pyrrole nitrogens is 1. The standard InChI is InChI=1S/C10H18N4O/c1-3-4-9(11)10(15)12-5-8-6-13-14-7(8)2/h6,9H,3-5,11H2,1-2H3,(H,12,15)(H,13,14). The highest BCUT2D eigenvalue weighted by atomic mass is 16.2. The molecule has 0 saturated carbocycles. The van der Waals surface area contributed by atoms with E-state index in [-0.39, 0.29) is 5.91 Å². The molecule has 4 N–H and O–H groups in total. The maximum Gasteiger partial charge on any atom is 0.237 e. The number of carbonyl (C=O) groups excluding carboxylic acids is 1. The largest absolute Gasteiger partial charge is 0.351 e. The van der Waals surface area contributed by atoms with E-state index < -0.39 is 6.04 Å². The highest BCUT2D eigenvalue weighted by Crippen LogP contribution is 2.01. The lowest BCUT2D eigenvalue weighted by atomic mass is 10.1. The van der Waals surface area contributed by atoms with Crippen LogP contribution in [0.5, 0.6) is 0 Å². The summed E-state index contributed by atoms with van der Waals surface area (Å²) >= 11 is 0. The third kappa shape index (κ3) is 3.36. The molecule has 0 bridgehead atoms. The predicted molar refractivity (Wildman–Crippen MR) is 58.1 cm³/mol. The van der Waals surface area contributed by atoms with E-state index in [0.29, 0.717) is 6.54 Å². The average Bonchev–Trinajstić information content (AvgIpc) is 2.61. The summed E-state index contributed by atoms with van der Waals surface area (Å²) in [6, 6.07) is -0.401. The van der Waals surface area contributed by atoms with E-state index in [0.717, 1.165) is 24.1 Å². The molecule has 0 radical (unpaired) electrons. The Bertz CT molecular complexity index is 321. The van der Waals surface area contributed by atoms with Crippen molar-refractivity contribution in [3.05, 3.63) is 17.5 Å². The molecule has 1 unspecified atom stereocenters. The van der Waals surface area contributed by atoms with E-state index >= 15 is 0 Å². The number of rotatable bonds is 5. The SMILES string of the molecule is CCCC(N)C(=O)NCc1cn[nH]c1C. The second-order valence-corrected chi connectivity index (χ2v) is 3.63. The van der Waals surface area contributed by atoms with Gasteiger partial charge in [-0.1, -0.05) is 13.3 Å². The van der Waals surface area contributed by atoms with Gasteiger partial charge in [0.05, 0.1) is 12.2 Å². The normalized spacial score (nSPS) is 12.5. The highest BCUT2D eigenvalue weighted by molar-refractivity contribution is 5.81. The zero-order valence-electron chi connectivity index (χ0n) is 9.21. The van der Waals surface area contributed by atoms with Gasteiger partial charge >= 0.3 is 0 Å². The second-order valence-electron chi connectivity index (χ2n) is 3.63. The number of carbonyl (C=O) groups is 1. The van der Waals surface area contributed by atoms with Crippen LogP contribution < -0.4 is 11.1 Å². The van der Waals surface area contributed by atoms with Gasteiger partial charge in [-0.2, -0.15) is 5.10 Å². The van der Waals surface area contributed by atoms with E-state index in [2.05, 4.69) is 15.5 Å². The summed E-state index contributed by atoms with van der Waals surface area (Å²) < 4.78 is 0. The first-order valence-electron chi connectivity index (χ1n) is 5.17. The first kappa shape index (κ1) is 11.7. The van der Waals surface area contributed by atoms with Crippen molar-refractivity contribution >= 4 is 5.91 Å². The summed E-state index contributed by atoms with van der Waals surface area (Å²) in [7, 11) is 0. The van der Waals surface area contributed by atoms with Gasteiger partial charge in [-0.25, -0.2) is 0 Å². The van der Waals surface area contributed by atoms with Crippen LogP contribution in [0, 0.1) is 6.92 Å². The number of aromatic amines is 1. The molecule has 1 aromatic heterocycles. The lowest BCUT2D eigenvalue weighted by Crippen LogP contribution is -2.40. The number of hydrogen-bond donors (Lipinski definition) is 3. The quantitative estimate of drug-likeness (QED) is 0.660. The molecule has 0 aromatic carbocycles. The molecule has 1 atom stereocenters. The molecule has 5 nitrogen and oxygen atoms in total. The van der Waals surface area contributed by atoms with Gasteiger partial charge in [-0.15, -0.1) is 0 Å². The Morgan fingerprint density at radius 2 is 2.47 bits per heavy atom. The predicted octanol–water partition coefficient (Wildman–Crippen LogP) is 0.462. The van der Waals surface area contributed by atoms with Gasteiger partial charge in [0, 0.05) is 17.8 Å². The lowest BCUT2D eigenvalue weighted by Gasteiger charge is -2.10. The smallest absolute Gasteiger partial charge is 0.237 e. The fraction of sp³-hybridized carbons (Fsp3) is 0.600. The van der Waals surface area contributed by atoms with Crippen LogP contribution >= 0.6 is 0 Å². The molecule has 0 fully saturated rings. The maximum absolute atomic E-state index is 11.5. The van der Waals surface area contributed by atoms with Crippen molar-refractivity contribution in [3.63, 3.8) is 0 Å². The van der Waals surface area contributed by atoms with Crippen LogP contribution in [0.25, 0.3) is 0 Å². The Morgan fingerprint density at radius 1 is 1.73 bits per heavy atom. The van der Waals surface area contributed by atoms with E-state index in [1.807, 2.05) is 13.8 Å². The van der Waals surface area contributed by atoms with Crippen LogP contribution in [0.2, 0.25) is 0 Å². The topological polar surface area (TPSA) is 83.8 Å². The summed E-state index contributed by atoms with van der Waals surface area (Å²) in [5.41, 5.74) is 7.63. The second kappa shape index (κ2) is 5.50. The first-order valence-corrected chi connectivity index (χ1v) is 5.17. The van der Waals surface area contributed by atoms with E-state index in [1.165, 1.54) is 0 Å². The third-order valence-corrected chi connectivity index (χ3v) is 2.32. The zero-order chi connectivity index (χ0) is 11.3. The van der Waals surface area contributed by atoms with E-state index in [9.17, 15) is 4.79 Å². The van der Waals surface area contributed by atoms with Crippen molar-refractivity contribution in [2.24, 2.45) is 5.73 Å². The lowest BCUT2D eigenvalue weighted by molar-refractivity contribution is -0.122. The minimum absolute atomic E-state index is 0.0996. The highest BCUT2D eigenvalue weighted by Gasteiger charge is 2.12. The molecule has 0 aliphatic carbocycles. The van der Waals surface area contributed by atoms with Crippen molar-refractivity contribution in [2.45, 2.75) is 39.3 Å². The summed E-state index contributed by atoms with van der Waals surface area (Å²) in [5.74, 6) is -0.0996. The van der Waals surface area contributed by atoms with Crippen molar-refractivity contribution in [1.29, 1.82) is 0 Å². The van der Waals surface area contributed by atoms with Crippen molar-refractivity contribution in [3.8, 4) is 0 Å². The number of nitrogens with two attached hydrogens (primary N) is 1. The van der Waals surface area contributed by atoms with E-state index in [1.54, 1.807) is 6.20 Å². The van der Waals surface area contributed by atoms with Crippen LogP contribution in [-0.4, -0.2) is 22.1 Å². The molecule has 0 saturated heterocycles. The minimum Gasteiger partial charge on any atom is -0.351 e. The molecule has 0 aliphatic heterocycles. The molecule has 0 aliphatic rings. The van der Waals surface area contributed by atoms with Gasteiger partial charge in [0.1, 0.15) is 0 Å².